The van der Waals surface area contributed by atoms with Crippen LogP contribution >= 0.6 is 11.6 Å². The molecule has 1 amide bonds. The molecule has 0 spiro atoms. The Bertz CT molecular complexity index is 1120. The van der Waals surface area contributed by atoms with E-state index in [9.17, 15) is 19.3 Å². The Morgan fingerprint density at radius 3 is 2.60 bits per heavy atom. The standard InChI is InChI=1S/C19H20ClFN6O3/c1-11-8-17(27(29)30)24-25(11)7-6-18(28)22-19-12(2)23-26(13(19)3)10-14-4-5-15(21)9-16(14)20/h4-5,8-9H,6-7,10H2,1-3H3,(H,22,28). The first-order valence-electron chi connectivity index (χ1n) is 9.12. The molecule has 3 rings (SSSR count). The van der Waals surface area contributed by atoms with Crippen molar-refractivity contribution >= 4 is 29.0 Å². The molecule has 0 saturated carbocycles. The summed E-state index contributed by atoms with van der Waals surface area (Å²) in [5.41, 5.74) is 3.25. The van der Waals surface area contributed by atoms with Crippen LogP contribution in [-0.2, 0) is 17.9 Å². The van der Waals surface area contributed by atoms with E-state index in [-0.39, 0.29) is 24.7 Å². The largest absolute Gasteiger partial charge is 0.390 e. The first-order chi connectivity index (χ1) is 14.2. The minimum atomic E-state index is -0.571. The number of nitrogens with one attached hydrogen (secondary N) is 1. The van der Waals surface area contributed by atoms with Gasteiger partial charge in [0.2, 0.25) is 5.91 Å². The predicted octanol–water partition coefficient (Wildman–Crippen LogP) is 3.78. The highest BCUT2D eigenvalue weighted by Gasteiger charge is 2.18. The van der Waals surface area contributed by atoms with Crippen molar-refractivity contribution in [3.05, 3.63) is 67.9 Å². The molecule has 2 aromatic heterocycles. The van der Waals surface area contributed by atoms with Crippen LogP contribution in [0.1, 0.15) is 29.1 Å². The van der Waals surface area contributed by atoms with Crippen LogP contribution in [0.25, 0.3) is 0 Å². The van der Waals surface area contributed by atoms with E-state index in [4.69, 9.17) is 11.6 Å². The molecular weight excluding hydrogens is 415 g/mol. The third kappa shape index (κ3) is 4.65. The van der Waals surface area contributed by atoms with Gasteiger partial charge in [-0.1, -0.05) is 17.7 Å². The van der Waals surface area contributed by atoms with E-state index in [1.807, 2.05) is 6.92 Å². The monoisotopic (exact) mass is 434 g/mol. The number of nitro groups is 1. The molecule has 9 nitrogen and oxygen atoms in total. The number of carbonyl (C=O) groups is 1. The van der Waals surface area contributed by atoms with Crippen molar-refractivity contribution in [1.29, 1.82) is 0 Å². The van der Waals surface area contributed by atoms with E-state index in [2.05, 4.69) is 15.5 Å². The Balaban J connectivity index is 1.68. The number of rotatable bonds is 7. The van der Waals surface area contributed by atoms with Crippen molar-refractivity contribution in [2.75, 3.05) is 5.32 Å². The highest BCUT2D eigenvalue weighted by atomic mass is 35.5. The second-order valence-corrected chi connectivity index (χ2v) is 7.27. The maximum absolute atomic E-state index is 13.2. The van der Waals surface area contributed by atoms with Crippen molar-refractivity contribution < 1.29 is 14.1 Å². The lowest BCUT2D eigenvalue weighted by molar-refractivity contribution is -0.389. The second kappa shape index (κ2) is 8.62. The molecule has 2 heterocycles. The number of aromatic nitrogens is 4. The molecule has 0 unspecified atom stereocenters. The fraction of sp³-hybridized carbons (Fsp3) is 0.316. The Morgan fingerprint density at radius 1 is 1.23 bits per heavy atom. The molecule has 158 valence electrons. The van der Waals surface area contributed by atoms with Crippen molar-refractivity contribution in [1.82, 2.24) is 19.6 Å². The van der Waals surface area contributed by atoms with Gasteiger partial charge in [-0.2, -0.15) is 9.78 Å². The van der Waals surface area contributed by atoms with E-state index in [0.29, 0.717) is 34.2 Å². The lowest BCUT2D eigenvalue weighted by Gasteiger charge is -2.08. The number of benzene rings is 1. The molecule has 0 saturated heterocycles. The summed E-state index contributed by atoms with van der Waals surface area (Å²) >= 11 is 6.09. The highest BCUT2D eigenvalue weighted by molar-refractivity contribution is 6.31. The van der Waals surface area contributed by atoms with Gasteiger partial charge in [-0.3, -0.25) is 9.48 Å². The summed E-state index contributed by atoms with van der Waals surface area (Å²) in [7, 11) is 0. The number of carbonyl (C=O) groups excluding carboxylic acids is 1. The molecule has 0 fully saturated rings. The van der Waals surface area contributed by atoms with E-state index in [1.165, 1.54) is 22.9 Å². The van der Waals surface area contributed by atoms with Gasteiger partial charge in [0.15, 0.2) is 0 Å². The van der Waals surface area contributed by atoms with Crippen LogP contribution in [-0.4, -0.2) is 30.4 Å². The number of anilines is 1. The zero-order valence-corrected chi connectivity index (χ0v) is 17.4. The van der Waals surface area contributed by atoms with Crippen LogP contribution in [0, 0.1) is 36.7 Å². The normalized spacial score (nSPS) is 11.0. The summed E-state index contributed by atoms with van der Waals surface area (Å²) in [4.78, 5) is 22.7. The van der Waals surface area contributed by atoms with Gasteiger partial charge in [-0.05, 0) is 43.4 Å². The molecule has 0 aliphatic rings. The maximum Gasteiger partial charge on any atom is 0.390 e. The molecular formula is C19H20ClFN6O3. The molecule has 0 bridgehead atoms. The summed E-state index contributed by atoms with van der Waals surface area (Å²) in [5, 5.41) is 22.3. The maximum atomic E-state index is 13.2. The quantitative estimate of drug-likeness (QED) is 0.449. The minimum Gasteiger partial charge on any atom is -0.358 e. The number of nitrogens with zero attached hydrogens (tertiary/aromatic N) is 5. The van der Waals surface area contributed by atoms with Crippen molar-refractivity contribution in [3.8, 4) is 0 Å². The average molecular weight is 435 g/mol. The van der Waals surface area contributed by atoms with E-state index in [1.54, 1.807) is 24.6 Å². The molecule has 0 radical (unpaired) electrons. The predicted molar refractivity (Wildman–Crippen MR) is 109 cm³/mol. The van der Waals surface area contributed by atoms with E-state index >= 15 is 0 Å². The van der Waals surface area contributed by atoms with Gasteiger partial charge in [0.1, 0.15) is 5.82 Å². The van der Waals surface area contributed by atoms with Gasteiger partial charge in [-0.15, -0.1) is 0 Å². The summed E-state index contributed by atoms with van der Waals surface area (Å²) in [5.74, 6) is -0.929. The molecule has 0 aliphatic carbocycles. The zero-order valence-electron chi connectivity index (χ0n) is 16.6. The number of amides is 1. The molecule has 11 heteroatoms. The van der Waals surface area contributed by atoms with Gasteiger partial charge in [-0.25, -0.2) is 4.39 Å². The summed E-state index contributed by atoms with van der Waals surface area (Å²) in [6.45, 7) is 5.82. The minimum absolute atomic E-state index is 0.0908. The van der Waals surface area contributed by atoms with E-state index < -0.39 is 10.7 Å². The van der Waals surface area contributed by atoms with Crippen molar-refractivity contribution in [3.63, 3.8) is 0 Å². The molecule has 0 atom stereocenters. The number of aryl methyl sites for hydroxylation is 3. The fourth-order valence-corrected chi connectivity index (χ4v) is 3.29. The first kappa shape index (κ1) is 21.4. The number of halogens is 2. The smallest absolute Gasteiger partial charge is 0.358 e. The summed E-state index contributed by atoms with van der Waals surface area (Å²) < 4.78 is 16.4. The Kier molecular flexibility index (Phi) is 6.16. The van der Waals surface area contributed by atoms with Crippen LogP contribution in [0.2, 0.25) is 5.02 Å². The Morgan fingerprint density at radius 2 is 1.97 bits per heavy atom. The van der Waals surface area contributed by atoms with Crippen molar-refractivity contribution in [2.45, 2.75) is 40.3 Å². The second-order valence-electron chi connectivity index (χ2n) is 6.86. The summed E-state index contributed by atoms with van der Waals surface area (Å²) in [6, 6.07) is 5.53. The molecule has 1 aromatic carbocycles. The topological polar surface area (TPSA) is 108 Å². The summed E-state index contributed by atoms with van der Waals surface area (Å²) in [6.07, 6.45) is 0.0908. The van der Waals surface area contributed by atoms with Crippen LogP contribution in [0.4, 0.5) is 15.9 Å². The lowest BCUT2D eigenvalue weighted by atomic mass is 10.2. The van der Waals surface area contributed by atoms with Crippen LogP contribution < -0.4 is 5.32 Å². The third-order valence-corrected chi connectivity index (χ3v) is 5.04. The van der Waals surface area contributed by atoms with Crippen LogP contribution in [0.3, 0.4) is 0 Å². The third-order valence-electron chi connectivity index (χ3n) is 4.69. The molecule has 3 aromatic rings. The highest BCUT2D eigenvalue weighted by Crippen LogP contribution is 2.23. The fourth-order valence-electron chi connectivity index (χ4n) is 3.06. The first-order valence-corrected chi connectivity index (χ1v) is 9.50. The number of hydrogen-bond donors (Lipinski definition) is 1. The molecule has 1 N–H and O–H groups in total. The number of hydrogen-bond acceptors (Lipinski definition) is 5. The van der Waals surface area contributed by atoms with Gasteiger partial charge >= 0.3 is 5.82 Å². The lowest BCUT2D eigenvalue weighted by Crippen LogP contribution is -2.16. The van der Waals surface area contributed by atoms with Gasteiger partial charge < -0.3 is 15.4 Å². The molecule has 30 heavy (non-hydrogen) atoms. The Labute approximate surface area is 176 Å². The Hall–Kier alpha value is -3.27. The SMILES string of the molecule is Cc1nn(Cc2ccc(F)cc2Cl)c(C)c1NC(=O)CCn1nc([N+](=O)[O-])cc1C. The van der Waals surface area contributed by atoms with Crippen LogP contribution in [0.15, 0.2) is 24.3 Å². The molecule has 0 aliphatic heterocycles. The average Bonchev–Trinajstić information content (AvgIpc) is 3.17. The van der Waals surface area contributed by atoms with Gasteiger partial charge in [0.25, 0.3) is 0 Å². The zero-order chi connectivity index (χ0) is 22.0. The van der Waals surface area contributed by atoms with E-state index in [0.717, 1.165) is 5.69 Å². The van der Waals surface area contributed by atoms with Crippen LogP contribution in [0.5, 0.6) is 0 Å². The van der Waals surface area contributed by atoms with Gasteiger partial charge in [0, 0.05) is 11.4 Å². The van der Waals surface area contributed by atoms with Crippen molar-refractivity contribution in [2.24, 2.45) is 0 Å². The van der Waals surface area contributed by atoms with Gasteiger partial charge in [0.05, 0.1) is 47.0 Å².